The van der Waals surface area contributed by atoms with Crippen LogP contribution in [-0.4, -0.2) is 11.2 Å². The van der Waals surface area contributed by atoms with E-state index in [2.05, 4.69) is 6.92 Å². The molecule has 1 atom stereocenters. The second-order valence-electron chi connectivity index (χ2n) is 4.79. The molecule has 0 aromatic heterocycles. The molecule has 2 rings (SSSR count). The van der Waals surface area contributed by atoms with Crippen LogP contribution in [0.5, 0.6) is 11.5 Å². The second-order valence-corrected chi connectivity index (χ2v) is 4.79. The molecule has 18 heavy (non-hydrogen) atoms. The maximum atomic E-state index is 13.6. The zero-order chi connectivity index (χ0) is 13.1. The van der Waals surface area contributed by atoms with E-state index in [1.165, 1.54) is 6.07 Å². The normalized spacial score (nSPS) is 18.3. The van der Waals surface area contributed by atoms with Crippen LogP contribution in [0.4, 0.5) is 8.78 Å². The number of aromatic hydroxyl groups is 1. The number of unbranched alkanes of at least 4 members (excludes halogenated alkanes) is 2. The molecular weight excluding hydrogens is 238 g/mol. The summed E-state index contributed by atoms with van der Waals surface area (Å²) in [5, 5.41) is 9.22. The van der Waals surface area contributed by atoms with E-state index in [4.69, 9.17) is 4.74 Å². The van der Waals surface area contributed by atoms with Gasteiger partial charge < -0.3 is 9.84 Å². The summed E-state index contributed by atoms with van der Waals surface area (Å²) >= 11 is 0. The van der Waals surface area contributed by atoms with E-state index in [-0.39, 0.29) is 11.9 Å². The summed E-state index contributed by atoms with van der Waals surface area (Å²) in [6.45, 7) is 2.12. The number of phenolic OH excluding ortho intramolecular Hbond substituents is 1. The maximum Gasteiger partial charge on any atom is 0.204 e. The molecule has 1 aliphatic heterocycles. The highest BCUT2D eigenvalue weighted by atomic mass is 19.2. The zero-order valence-electron chi connectivity index (χ0n) is 10.5. The van der Waals surface area contributed by atoms with Crippen molar-refractivity contribution in [1.82, 2.24) is 0 Å². The van der Waals surface area contributed by atoms with Gasteiger partial charge in [-0.05, 0) is 31.7 Å². The fourth-order valence-corrected chi connectivity index (χ4v) is 2.33. The van der Waals surface area contributed by atoms with Crippen LogP contribution in [0.3, 0.4) is 0 Å². The summed E-state index contributed by atoms with van der Waals surface area (Å²) in [4.78, 5) is 0. The van der Waals surface area contributed by atoms with Gasteiger partial charge in [0, 0.05) is 5.56 Å². The molecule has 0 saturated heterocycles. The van der Waals surface area contributed by atoms with E-state index in [0.29, 0.717) is 12.0 Å². The molecule has 100 valence electrons. The molecule has 1 heterocycles. The highest BCUT2D eigenvalue weighted by molar-refractivity contribution is 5.43. The third kappa shape index (κ3) is 2.57. The van der Waals surface area contributed by atoms with E-state index < -0.39 is 17.4 Å². The molecule has 1 aromatic carbocycles. The largest absolute Gasteiger partial charge is 0.505 e. The van der Waals surface area contributed by atoms with Crippen molar-refractivity contribution in [2.45, 2.75) is 51.6 Å². The van der Waals surface area contributed by atoms with E-state index >= 15 is 0 Å². The van der Waals surface area contributed by atoms with Crippen molar-refractivity contribution in [1.29, 1.82) is 0 Å². The minimum Gasteiger partial charge on any atom is -0.505 e. The summed E-state index contributed by atoms with van der Waals surface area (Å²) in [7, 11) is 0. The SMILES string of the molecule is CCCCCC1CCc2cc(O)c(F)c(F)c2O1. The van der Waals surface area contributed by atoms with Gasteiger partial charge in [-0.2, -0.15) is 8.78 Å². The van der Waals surface area contributed by atoms with Crippen LogP contribution in [0.25, 0.3) is 0 Å². The number of halogens is 2. The first kappa shape index (κ1) is 13.1. The van der Waals surface area contributed by atoms with E-state index in [9.17, 15) is 13.9 Å². The summed E-state index contributed by atoms with van der Waals surface area (Å²) in [5.74, 6) is -2.94. The van der Waals surface area contributed by atoms with Gasteiger partial charge in [-0.3, -0.25) is 0 Å². The van der Waals surface area contributed by atoms with Gasteiger partial charge >= 0.3 is 0 Å². The van der Waals surface area contributed by atoms with Crippen molar-refractivity contribution in [2.75, 3.05) is 0 Å². The lowest BCUT2D eigenvalue weighted by molar-refractivity contribution is 0.150. The lowest BCUT2D eigenvalue weighted by Crippen LogP contribution is -2.23. The van der Waals surface area contributed by atoms with Gasteiger partial charge in [0.25, 0.3) is 0 Å². The summed E-state index contributed by atoms with van der Waals surface area (Å²) < 4.78 is 32.4. The number of phenols is 1. The molecule has 0 aliphatic carbocycles. The lowest BCUT2D eigenvalue weighted by Gasteiger charge is -2.26. The molecular formula is C14H18F2O2. The molecule has 1 N–H and O–H groups in total. The standard InChI is InChI=1S/C14H18F2O2/c1-2-3-4-5-10-7-6-9-8-11(17)12(15)13(16)14(9)18-10/h8,10,17H,2-7H2,1H3. The molecule has 1 unspecified atom stereocenters. The van der Waals surface area contributed by atoms with Crippen molar-refractivity contribution < 1.29 is 18.6 Å². The number of hydrogen-bond acceptors (Lipinski definition) is 2. The minimum absolute atomic E-state index is 0.0157. The van der Waals surface area contributed by atoms with Gasteiger partial charge in [-0.15, -0.1) is 0 Å². The summed E-state index contributed by atoms with van der Waals surface area (Å²) in [6.07, 6.45) is 5.54. The average Bonchev–Trinajstić information content (AvgIpc) is 2.37. The molecule has 2 nitrogen and oxygen atoms in total. The van der Waals surface area contributed by atoms with E-state index in [0.717, 1.165) is 32.1 Å². The number of rotatable bonds is 4. The Morgan fingerprint density at radius 2 is 2.11 bits per heavy atom. The fourth-order valence-electron chi connectivity index (χ4n) is 2.33. The Hall–Kier alpha value is -1.32. The van der Waals surface area contributed by atoms with Gasteiger partial charge in [0.1, 0.15) is 0 Å². The van der Waals surface area contributed by atoms with Gasteiger partial charge in [0.2, 0.25) is 11.6 Å². The molecule has 0 spiro atoms. The van der Waals surface area contributed by atoms with Crippen molar-refractivity contribution in [3.63, 3.8) is 0 Å². The van der Waals surface area contributed by atoms with Crippen molar-refractivity contribution in [3.8, 4) is 11.5 Å². The first-order valence-electron chi connectivity index (χ1n) is 6.50. The highest BCUT2D eigenvalue weighted by Gasteiger charge is 2.26. The predicted molar refractivity (Wildman–Crippen MR) is 64.9 cm³/mol. The van der Waals surface area contributed by atoms with E-state index in [1.807, 2.05) is 0 Å². The predicted octanol–water partition coefficient (Wildman–Crippen LogP) is 3.94. The van der Waals surface area contributed by atoms with Crippen LogP contribution in [-0.2, 0) is 6.42 Å². The van der Waals surface area contributed by atoms with Crippen LogP contribution in [0.1, 0.15) is 44.6 Å². The Labute approximate surface area is 106 Å². The summed E-state index contributed by atoms with van der Waals surface area (Å²) in [6, 6.07) is 1.26. The first-order valence-corrected chi connectivity index (χ1v) is 6.50. The van der Waals surface area contributed by atoms with Crippen molar-refractivity contribution in [3.05, 3.63) is 23.3 Å². The molecule has 0 fully saturated rings. The van der Waals surface area contributed by atoms with Crippen LogP contribution in [0.15, 0.2) is 6.07 Å². The third-order valence-electron chi connectivity index (χ3n) is 3.37. The van der Waals surface area contributed by atoms with Crippen LogP contribution in [0.2, 0.25) is 0 Å². The molecule has 0 saturated carbocycles. The first-order chi connectivity index (χ1) is 8.63. The molecule has 0 amide bonds. The minimum atomic E-state index is -1.22. The van der Waals surface area contributed by atoms with Gasteiger partial charge in [0.15, 0.2) is 11.5 Å². The number of fused-ring (bicyclic) bond motifs is 1. The maximum absolute atomic E-state index is 13.6. The molecule has 0 radical (unpaired) electrons. The smallest absolute Gasteiger partial charge is 0.204 e. The second kappa shape index (κ2) is 5.55. The highest BCUT2D eigenvalue weighted by Crippen LogP contribution is 2.36. The number of aryl methyl sites for hydroxylation is 1. The Morgan fingerprint density at radius 1 is 1.33 bits per heavy atom. The third-order valence-corrected chi connectivity index (χ3v) is 3.37. The van der Waals surface area contributed by atoms with Crippen molar-refractivity contribution in [2.24, 2.45) is 0 Å². The fraction of sp³-hybridized carbons (Fsp3) is 0.571. The quantitative estimate of drug-likeness (QED) is 0.827. The number of hydrogen-bond donors (Lipinski definition) is 1. The number of ether oxygens (including phenoxy) is 1. The molecule has 1 aliphatic rings. The molecule has 4 heteroatoms. The number of benzene rings is 1. The Bertz CT molecular complexity index is 432. The van der Waals surface area contributed by atoms with Crippen molar-refractivity contribution >= 4 is 0 Å². The topological polar surface area (TPSA) is 29.5 Å². The Kier molecular flexibility index (Phi) is 4.04. The molecule has 1 aromatic rings. The average molecular weight is 256 g/mol. The Balaban J connectivity index is 2.11. The van der Waals surface area contributed by atoms with Crippen LogP contribution >= 0.6 is 0 Å². The van der Waals surface area contributed by atoms with Crippen LogP contribution in [0, 0.1) is 11.6 Å². The lowest BCUT2D eigenvalue weighted by atomic mass is 9.98. The van der Waals surface area contributed by atoms with Gasteiger partial charge in [-0.25, -0.2) is 0 Å². The van der Waals surface area contributed by atoms with Crippen LogP contribution < -0.4 is 4.74 Å². The van der Waals surface area contributed by atoms with Gasteiger partial charge in [-0.1, -0.05) is 19.8 Å². The zero-order valence-corrected chi connectivity index (χ0v) is 10.5. The van der Waals surface area contributed by atoms with Gasteiger partial charge in [0.05, 0.1) is 6.10 Å². The monoisotopic (exact) mass is 256 g/mol. The summed E-state index contributed by atoms with van der Waals surface area (Å²) in [5.41, 5.74) is 0.554. The van der Waals surface area contributed by atoms with E-state index in [1.54, 1.807) is 0 Å². The molecule has 0 bridgehead atoms. The Morgan fingerprint density at radius 3 is 2.83 bits per heavy atom.